The Morgan fingerprint density at radius 1 is 1.31 bits per heavy atom. The van der Waals surface area contributed by atoms with Gasteiger partial charge in [-0.25, -0.2) is 0 Å². The number of nitrogens with two attached hydrogens (primary N) is 1. The summed E-state index contributed by atoms with van der Waals surface area (Å²) in [6.45, 7) is 4.98. The predicted octanol–water partition coefficient (Wildman–Crippen LogP) is 3.41. The average Bonchev–Trinajstić information content (AvgIpc) is 2.89. The summed E-state index contributed by atoms with van der Waals surface area (Å²) in [5.74, 6) is 1.93. The van der Waals surface area contributed by atoms with Gasteiger partial charge in [0.1, 0.15) is 5.82 Å². The zero-order valence-electron chi connectivity index (χ0n) is 15.4. The minimum absolute atomic E-state index is 0. The number of hydrogen-bond acceptors (Lipinski definition) is 4. The first-order valence-electron chi connectivity index (χ1n) is 9.19. The van der Waals surface area contributed by atoms with Crippen molar-refractivity contribution in [2.75, 3.05) is 5.32 Å². The lowest BCUT2D eigenvalue weighted by atomic mass is 9.99. The fourth-order valence-corrected chi connectivity index (χ4v) is 3.17. The topological polar surface area (TPSA) is 85.8 Å². The maximum Gasteiger partial charge on any atom is 0.241 e. The lowest BCUT2D eigenvalue weighted by Gasteiger charge is -2.18. The quantitative estimate of drug-likeness (QED) is 0.836. The molecule has 0 radical (unpaired) electrons. The van der Waals surface area contributed by atoms with Gasteiger partial charge in [0.25, 0.3) is 0 Å². The van der Waals surface area contributed by atoms with Crippen molar-refractivity contribution in [1.82, 2.24) is 14.8 Å². The summed E-state index contributed by atoms with van der Waals surface area (Å²) in [4.78, 5) is 12.3. The molecule has 142 valence electrons. The van der Waals surface area contributed by atoms with Crippen LogP contribution in [0.1, 0.15) is 45.4 Å². The van der Waals surface area contributed by atoms with E-state index < -0.39 is 6.04 Å². The first-order valence-corrected chi connectivity index (χ1v) is 9.19. The van der Waals surface area contributed by atoms with E-state index in [1.165, 1.54) is 12.8 Å². The second-order valence-corrected chi connectivity index (χ2v) is 6.88. The van der Waals surface area contributed by atoms with Crippen molar-refractivity contribution in [2.24, 2.45) is 11.7 Å². The van der Waals surface area contributed by atoms with Crippen molar-refractivity contribution in [3.05, 3.63) is 30.1 Å². The number of hydrogen-bond donors (Lipinski definition) is 2. The van der Waals surface area contributed by atoms with Gasteiger partial charge in [-0.2, -0.15) is 0 Å². The molecule has 26 heavy (non-hydrogen) atoms. The molecule has 6 nitrogen and oxygen atoms in total. The van der Waals surface area contributed by atoms with Crippen LogP contribution in [-0.4, -0.2) is 26.7 Å². The van der Waals surface area contributed by atoms with E-state index in [-0.39, 0.29) is 24.2 Å². The number of nitrogens with zero attached hydrogens (tertiary/aromatic N) is 3. The summed E-state index contributed by atoms with van der Waals surface area (Å²) in [5.41, 5.74) is 7.73. The van der Waals surface area contributed by atoms with E-state index in [0.29, 0.717) is 0 Å². The number of benzene rings is 1. The highest BCUT2D eigenvalue weighted by atomic mass is 35.5. The Balaban J connectivity index is 0.00000243. The molecule has 0 spiro atoms. The Labute approximate surface area is 161 Å². The standard InChI is InChI=1S/C19H27N5O.ClH/c1-3-13(2)17(20)19(25)21-15-9-7-8-14(12-15)18-23-22-16-10-5-4-6-11-24(16)18;/h7-9,12-13,17H,3-6,10-11,20H2,1-2H3,(H,21,25);1H. The van der Waals surface area contributed by atoms with E-state index in [9.17, 15) is 4.79 Å². The second kappa shape index (κ2) is 9.14. The van der Waals surface area contributed by atoms with Gasteiger partial charge in [0.15, 0.2) is 5.82 Å². The lowest BCUT2D eigenvalue weighted by Crippen LogP contribution is -2.40. The van der Waals surface area contributed by atoms with Gasteiger partial charge < -0.3 is 15.6 Å². The van der Waals surface area contributed by atoms with Crippen LogP contribution in [0.25, 0.3) is 11.4 Å². The second-order valence-electron chi connectivity index (χ2n) is 6.88. The van der Waals surface area contributed by atoms with E-state index in [4.69, 9.17) is 5.73 Å². The zero-order chi connectivity index (χ0) is 17.8. The van der Waals surface area contributed by atoms with Crippen LogP contribution in [0.3, 0.4) is 0 Å². The van der Waals surface area contributed by atoms with Crippen molar-refractivity contribution < 1.29 is 4.79 Å². The summed E-state index contributed by atoms with van der Waals surface area (Å²) in [5, 5.41) is 11.7. The Bertz CT molecular complexity index is 745. The minimum Gasteiger partial charge on any atom is -0.325 e. The molecule has 1 aromatic heterocycles. The molecule has 1 amide bonds. The molecule has 2 atom stereocenters. The van der Waals surface area contributed by atoms with Gasteiger partial charge in [-0.15, -0.1) is 22.6 Å². The monoisotopic (exact) mass is 377 g/mol. The largest absolute Gasteiger partial charge is 0.325 e. The van der Waals surface area contributed by atoms with Gasteiger partial charge >= 0.3 is 0 Å². The average molecular weight is 378 g/mol. The van der Waals surface area contributed by atoms with Gasteiger partial charge in [0.05, 0.1) is 6.04 Å². The normalized spacial score (nSPS) is 16.0. The molecular formula is C19H28ClN5O. The Kier molecular flexibility index (Phi) is 7.17. The van der Waals surface area contributed by atoms with Gasteiger partial charge in [-0.3, -0.25) is 4.79 Å². The Hall–Kier alpha value is -1.92. The summed E-state index contributed by atoms with van der Waals surface area (Å²) in [7, 11) is 0. The third-order valence-corrected chi connectivity index (χ3v) is 5.06. The van der Waals surface area contributed by atoms with E-state index in [2.05, 4.69) is 20.1 Å². The molecule has 0 fully saturated rings. The van der Waals surface area contributed by atoms with E-state index >= 15 is 0 Å². The lowest BCUT2D eigenvalue weighted by molar-refractivity contribution is -0.118. The van der Waals surface area contributed by atoms with Gasteiger partial charge in [-0.1, -0.05) is 38.8 Å². The fourth-order valence-electron chi connectivity index (χ4n) is 3.17. The molecule has 0 saturated heterocycles. The molecule has 3 N–H and O–H groups in total. The molecule has 7 heteroatoms. The van der Waals surface area contributed by atoms with Crippen molar-refractivity contribution in [3.8, 4) is 11.4 Å². The van der Waals surface area contributed by atoms with Crippen molar-refractivity contribution in [2.45, 2.75) is 58.5 Å². The summed E-state index contributed by atoms with van der Waals surface area (Å²) < 4.78 is 2.21. The summed E-state index contributed by atoms with van der Waals surface area (Å²) >= 11 is 0. The smallest absolute Gasteiger partial charge is 0.241 e. The van der Waals surface area contributed by atoms with E-state index in [1.807, 2.05) is 38.1 Å². The van der Waals surface area contributed by atoms with Crippen LogP contribution in [0.5, 0.6) is 0 Å². The first kappa shape index (κ1) is 20.4. The van der Waals surface area contributed by atoms with Gasteiger partial charge in [0, 0.05) is 24.2 Å². The van der Waals surface area contributed by atoms with E-state index in [0.717, 1.165) is 48.7 Å². The number of aryl methyl sites for hydroxylation is 1. The van der Waals surface area contributed by atoms with Gasteiger partial charge in [-0.05, 0) is 30.9 Å². The van der Waals surface area contributed by atoms with Crippen LogP contribution >= 0.6 is 12.4 Å². The molecule has 1 aliphatic rings. The van der Waals surface area contributed by atoms with Crippen LogP contribution in [0, 0.1) is 5.92 Å². The molecule has 0 saturated carbocycles. The fraction of sp³-hybridized carbons (Fsp3) is 0.526. The molecule has 2 aromatic rings. The predicted molar refractivity (Wildman–Crippen MR) is 106 cm³/mol. The first-order chi connectivity index (χ1) is 12.1. The number of halogens is 1. The summed E-state index contributed by atoms with van der Waals surface area (Å²) in [6, 6.07) is 7.26. The SMILES string of the molecule is CCC(C)C(N)C(=O)Nc1cccc(-c2nnc3n2CCCCC3)c1.Cl. The minimum atomic E-state index is -0.502. The van der Waals surface area contributed by atoms with Crippen LogP contribution in [0.2, 0.25) is 0 Å². The Morgan fingerprint density at radius 3 is 2.88 bits per heavy atom. The number of aromatic nitrogens is 3. The highest BCUT2D eigenvalue weighted by molar-refractivity contribution is 5.95. The molecule has 2 unspecified atom stereocenters. The highest BCUT2D eigenvalue weighted by Crippen LogP contribution is 2.25. The van der Waals surface area contributed by atoms with Crippen LogP contribution in [0.4, 0.5) is 5.69 Å². The number of amides is 1. The number of carbonyl (C=O) groups excluding carboxylic acids is 1. The zero-order valence-corrected chi connectivity index (χ0v) is 16.3. The van der Waals surface area contributed by atoms with Crippen LogP contribution in [0.15, 0.2) is 24.3 Å². The highest BCUT2D eigenvalue weighted by Gasteiger charge is 2.20. The van der Waals surface area contributed by atoms with Crippen molar-refractivity contribution >= 4 is 24.0 Å². The molecule has 3 rings (SSSR count). The van der Waals surface area contributed by atoms with Gasteiger partial charge in [0.2, 0.25) is 5.91 Å². The summed E-state index contributed by atoms with van der Waals surface area (Å²) in [6.07, 6.45) is 5.40. The van der Waals surface area contributed by atoms with Crippen molar-refractivity contribution in [3.63, 3.8) is 0 Å². The van der Waals surface area contributed by atoms with Crippen LogP contribution < -0.4 is 11.1 Å². The van der Waals surface area contributed by atoms with E-state index in [1.54, 1.807) is 0 Å². The third-order valence-electron chi connectivity index (χ3n) is 5.06. The maximum absolute atomic E-state index is 12.3. The molecule has 0 aliphatic carbocycles. The molecule has 2 heterocycles. The van der Waals surface area contributed by atoms with Crippen LogP contribution in [-0.2, 0) is 17.8 Å². The Morgan fingerprint density at radius 2 is 2.12 bits per heavy atom. The molecule has 1 aliphatic heterocycles. The van der Waals surface area contributed by atoms with Crippen molar-refractivity contribution in [1.29, 1.82) is 0 Å². The molecular weight excluding hydrogens is 350 g/mol. The number of nitrogens with one attached hydrogen (secondary N) is 1. The number of anilines is 1. The molecule has 1 aromatic carbocycles. The number of carbonyl (C=O) groups is 1. The maximum atomic E-state index is 12.3. The molecule has 0 bridgehead atoms. The number of fused-ring (bicyclic) bond motifs is 1. The third kappa shape index (κ3) is 4.43. The number of rotatable bonds is 5.